The highest BCUT2D eigenvalue weighted by molar-refractivity contribution is 4.66. The van der Waals surface area contributed by atoms with Gasteiger partial charge in [0, 0.05) is 7.11 Å². The predicted octanol–water partition coefficient (Wildman–Crippen LogP) is 3.24. The van der Waals surface area contributed by atoms with E-state index in [2.05, 4.69) is 20.8 Å². The van der Waals surface area contributed by atoms with E-state index in [9.17, 15) is 0 Å². The quantitative estimate of drug-likeness (QED) is 0.576. The Bertz CT molecular complexity index is 76.9. The molecule has 2 unspecified atom stereocenters. The maximum Gasteiger partial charge on any atom is 0.0596 e. The van der Waals surface area contributed by atoms with Crippen LogP contribution >= 0.6 is 0 Å². The summed E-state index contributed by atoms with van der Waals surface area (Å²) < 4.78 is 5.41. The Hall–Kier alpha value is -0.0400. The molecule has 0 fully saturated rings. The fourth-order valence-corrected chi connectivity index (χ4v) is 1.72. The van der Waals surface area contributed by atoms with E-state index in [1.54, 1.807) is 0 Å². The van der Waals surface area contributed by atoms with Gasteiger partial charge < -0.3 is 4.74 Å². The van der Waals surface area contributed by atoms with Crippen LogP contribution in [0.4, 0.5) is 0 Å². The van der Waals surface area contributed by atoms with Crippen LogP contribution in [0.15, 0.2) is 0 Å². The fraction of sp³-hybridized carbons (Fsp3) is 1.00. The van der Waals surface area contributed by atoms with Crippen LogP contribution in [0.1, 0.15) is 46.5 Å². The fourth-order valence-electron chi connectivity index (χ4n) is 1.72. The molecule has 0 aromatic heterocycles. The standard InChI is InChI=1S/C10H22O/c1-5-8-9(6-2)10(7-3)11-4/h9-10H,5-8H2,1-4H3. The molecule has 1 heteroatoms. The van der Waals surface area contributed by atoms with Crippen molar-refractivity contribution in [2.24, 2.45) is 5.92 Å². The lowest BCUT2D eigenvalue weighted by Crippen LogP contribution is -2.21. The predicted molar refractivity (Wildman–Crippen MR) is 49.8 cm³/mol. The molecule has 68 valence electrons. The van der Waals surface area contributed by atoms with Crippen LogP contribution in [-0.2, 0) is 4.74 Å². The average molecular weight is 158 g/mol. The van der Waals surface area contributed by atoms with Crippen LogP contribution in [0.3, 0.4) is 0 Å². The van der Waals surface area contributed by atoms with Crippen molar-refractivity contribution in [3.63, 3.8) is 0 Å². The van der Waals surface area contributed by atoms with E-state index in [0.717, 1.165) is 12.3 Å². The molecule has 0 saturated heterocycles. The molecule has 0 heterocycles. The molecule has 0 aliphatic heterocycles. The summed E-state index contributed by atoms with van der Waals surface area (Å²) in [6.07, 6.45) is 5.47. The van der Waals surface area contributed by atoms with Gasteiger partial charge in [0.25, 0.3) is 0 Å². The number of methoxy groups -OCH3 is 1. The van der Waals surface area contributed by atoms with Crippen molar-refractivity contribution in [3.8, 4) is 0 Å². The molecular weight excluding hydrogens is 136 g/mol. The van der Waals surface area contributed by atoms with Gasteiger partial charge in [-0.2, -0.15) is 0 Å². The van der Waals surface area contributed by atoms with Gasteiger partial charge in [0.1, 0.15) is 0 Å². The molecule has 0 radical (unpaired) electrons. The molecule has 11 heavy (non-hydrogen) atoms. The van der Waals surface area contributed by atoms with Gasteiger partial charge in [-0.15, -0.1) is 0 Å². The molecule has 0 bridgehead atoms. The summed E-state index contributed by atoms with van der Waals surface area (Å²) in [7, 11) is 1.83. The molecule has 1 nitrogen and oxygen atoms in total. The summed E-state index contributed by atoms with van der Waals surface area (Å²) in [5, 5.41) is 0. The number of rotatable bonds is 6. The maximum absolute atomic E-state index is 5.41. The van der Waals surface area contributed by atoms with E-state index in [1.165, 1.54) is 19.3 Å². The third-order valence-electron chi connectivity index (χ3n) is 2.41. The van der Waals surface area contributed by atoms with Gasteiger partial charge in [0.15, 0.2) is 0 Å². The Labute approximate surface area is 71.1 Å². The molecule has 0 aliphatic rings. The summed E-state index contributed by atoms with van der Waals surface area (Å²) in [6, 6.07) is 0. The Morgan fingerprint density at radius 3 is 2.00 bits per heavy atom. The second kappa shape index (κ2) is 6.66. The van der Waals surface area contributed by atoms with Crippen LogP contribution in [0.5, 0.6) is 0 Å². The molecule has 0 aromatic rings. The highest BCUT2D eigenvalue weighted by Gasteiger charge is 2.15. The van der Waals surface area contributed by atoms with Gasteiger partial charge >= 0.3 is 0 Å². The highest BCUT2D eigenvalue weighted by atomic mass is 16.5. The third kappa shape index (κ3) is 3.76. The van der Waals surface area contributed by atoms with Crippen molar-refractivity contribution < 1.29 is 4.74 Å². The normalized spacial score (nSPS) is 16.4. The lowest BCUT2D eigenvalue weighted by Gasteiger charge is -2.23. The molecule has 0 saturated carbocycles. The minimum Gasteiger partial charge on any atom is -0.381 e. The van der Waals surface area contributed by atoms with Gasteiger partial charge in [-0.05, 0) is 18.8 Å². The van der Waals surface area contributed by atoms with Crippen molar-refractivity contribution in [1.29, 1.82) is 0 Å². The monoisotopic (exact) mass is 158 g/mol. The van der Waals surface area contributed by atoms with Crippen molar-refractivity contribution in [2.75, 3.05) is 7.11 Å². The first-order valence-corrected chi connectivity index (χ1v) is 4.82. The Morgan fingerprint density at radius 2 is 1.73 bits per heavy atom. The van der Waals surface area contributed by atoms with Gasteiger partial charge in [0.2, 0.25) is 0 Å². The summed E-state index contributed by atoms with van der Waals surface area (Å²) in [5.41, 5.74) is 0. The first-order chi connectivity index (χ1) is 5.29. The Kier molecular flexibility index (Phi) is 6.63. The lowest BCUT2D eigenvalue weighted by molar-refractivity contribution is 0.0436. The van der Waals surface area contributed by atoms with Crippen molar-refractivity contribution in [3.05, 3.63) is 0 Å². The smallest absolute Gasteiger partial charge is 0.0596 e. The molecule has 0 rings (SSSR count). The molecule has 2 atom stereocenters. The molecule has 0 aromatic carbocycles. The van der Waals surface area contributed by atoms with E-state index in [4.69, 9.17) is 4.74 Å². The topological polar surface area (TPSA) is 9.23 Å². The van der Waals surface area contributed by atoms with Crippen molar-refractivity contribution in [1.82, 2.24) is 0 Å². The zero-order valence-corrected chi connectivity index (χ0v) is 8.39. The summed E-state index contributed by atoms with van der Waals surface area (Å²) in [5.74, 6) is 0.773. The second-order valence-electron chi connectivity index (χ2n) is 3.14. The van der Waals surface area contributed by atoms with Crippen molar-refractivity contribution in [2.45, 2.75) is 52.6 Å². The molecule has 0 amide bonds. The summed E-state index contributed by atoms with van der Waals surface area (Å²) in [6.45, 7) is 6.69. The largest absolute Gasteiger partial charge is 0.381 e. The van der Waals surface area contributed by atoms with E-state index in [-0.39, 0.29) is 0 Å². The summed E-state index contributed by atoms with van der Waals surface area (Å²) >= 11 is 0. The number of ether oxygens (including phenoxy) is 1. The highest BCUT2D eigenvalue weighted by Crippen LogP contribution is 2.19. The van der Waals surface area contributed by atoms with E-state index in [1.807, 2.05) is 7.11 Å². The maximum atomic E-state index is 5.41. The molecule has 0 aliphatic carbocycles. The van der Waals surface area contributed by atoms with Crippen LogP contribution in [0, 0.1) is 5.92 Å². The summed E-state index contributed by atoms with van der Waals surface area (Å²) in [4.78, 5) is 0. The Morgan fingerprint density at radius 1 is 1.09 bits per heavy atom. The van der Waals surface area contributed by atoms with Gasteiger partial charge in [-0.25, -0.2) is 0 Å². The molecule has 0 spiro atoms. The molecular formula is C10H22O. The zero-order valence-electron chi connectivity index (χ0n) is 8.39. The zero-order chi connectivity index (χ0) is 8.69. The van der Waals surface area contributed by atoms with Crippen LogP contribution in [0.25, 0.3) is 0 Å². The van der Waals surface area contributed by atoms with Gasteiger partial charge in [-0.1, -0.05) is 33.6 Å². The number of hydrogen-bond acceptors (Lipinski definition) is 1. The third-order valence-corrected chi connectivity index (χ3v) is 2.41. The van der Waals surface area contributed by atoms with Crippen LogP contribution in [-0.4, -0.2) is 13.2 Å². The minimum absolute atomic E-state index is 0.486. The first kappa shape index (κ1) is 11.0. The second-order valence-corrected chi connectivity index (χ2v) is 3.14. The van der Waals surface area contributed by atoms with Gasteiger partial charge in [0.05, 0.1) is 6.10 Å². The van der Waals surface area contributed by atoms with Crippen molar-refractivity contribution >= 4 is 0 Å². The SMILES string of the molecule is CCCC(CC)C(CC)OC. The van der Waals surface area contributed by atoms with Gasteiger partial charge in [-0.3, -0.25) is 0 Å². The van der Waals surface area contributed by atoms with E-state index < -0.39 is 0 Å². The first-order valence-electron chi connectivity index (χ1n) is 4.82. The minimum atomic E-state index is 0.486. The molecule has 0 N–H and O–H groups in total. The average Bonchev–Trinajstić information content (AvgIpc) is 2.05. The van der Waals surface area contributed by atoms with E-state index >= 15 is 0 Å². The lowest BCUT2D eigenvalue weighted by atomic mass is 9.93. The Balaban J connectivity index is 3.76. The number of hydrogen-bond donors (Lipinski definition) is 0. The van der Waals surface area contributed by atoms with E-state index in [0.29, 0.717) is 6.10 Å². The van der Waals surface area contributed by atoms with Crippen LogP contribution in [0.2, 0.25) is 0 Å². The van der Waals surface area contributed by atoms with Crippen LogP contribution < -0.4 is 0 Å².